The maximum atomic E-state index is 12.3. The van der Waals surface area contributed by atoms with E-state index in [0.29, 0.717) is 31.8 Å². The molecule has 1 saturated carbocycles. The Hall–Kier alpha value is -1.89. The van der Waals surface area contributed by atoms with Crippen LogP contribution in [0.25, 0.3) is 0 Å². The van der Waals surface area contributed by atoms with E-state index in [2.05, 4.69) is 12.2 Å². The molecule has 2 aliphatic rings. The third-order valence-corrected chi connectivity index (χ3v) is 6.51. The van der Waals surface area contributed by atoms with Crippen molar-refractivity contribution in [3.8, 4) is 0 Å². The normalized spacial score (nSPS) is 23.7. The summed E-state index contributed by atoms with van der Waals surface area (Å²) < 4.78 is 5.24. The van der Waals surface area contributed by atoms with Gasteiger partial charge in [-0.05, 0) is 43.0 Å². The highest BCUT2D eigenvalue weighted by Crippen LogP contribution is 2.24. The fraction of sp³-hybridized carbons (Fsp3) is 0.650. The summed E-state index contributed by atoms with van der Waals surface area (Å²) in [5.74, 6) is -0.280. The van der Waals surface area contributed by atoms with Gasteiger partial charge in [0, 0.05) is 19.1 Å². The molecule has 1 aliphatic carbocycles. The predicted molar refractivity (Wildman–Crippen MR) is 103 cm³/mol. The second-order valence-electron chi connectivity index (χ2n) is 7.59. The summed E-state index contributed by atoms with van der Waals surface area (Å²) in [4.78, 5) is 39.2. The number of nitrogens with one attached hydrogen (secondary N) is 1. The number of amides is 2. The molecule has 2 atom stereocenters. The molecule has 0 aromatic carbocycles. The average molecular weight is 393 g/mol. The van der Waals surface area contributed by atoms with Crippen LogP contribution in [-0.4, -0.2) is 48.4 Å². The molecule has 1 aromatic rings. The minimum Gasteiger partial charge on any atom is -0.455 e. The van der Waals surface area contributed by atoms with Crippen molar-refractivity contribution >= 4 is 29.1 Å². The number of rotatable bonds is 5. The van der Waals surface area contributed by atoms with Crippen molar-refractivity contribution in [3.05, 3.63) is 22.4 Å². The van der Waals surface area contributed by atoms with Gasteiger partial charge in [-0.25, -0.2) is 0 Å². The largest absolute Gasteiger partial charge is 0.455 e. The molecule has 0 bridgehead atoms. The Labute approximate surface area is 164 Å². The summed E-state index contributed by atoms with van der Waals surface area (Å²) in [7, 11) is 0. The lowest BCUT2D eigenvalue weighted by atomic mass is 9.86. The van der Waals surface area contributed by atoms with Crippen LogP contribution in [0.3, 0.4) is 0 Å². The summed E-state index contributed by atoms with van der Waals surface area (Å²) in [5, 5.41) is 4.88. The first-order valence-electron chi connectivity index (χ1n) is 9.83. The Morgan fingerprint density at radius 1 is 1.19 bits per heavy atom. The third-order valence-electron chi connectivity index (χ3n) is 5.65. The zero-order valence-corrected chi connectivity index (χ0v) is 16.6. The lowest BCUT2D eigenvalue weighted by Gasteiger charge is -2.31. The number of carbonyl (C=O) groups is 3. The smallest absolute Gasteiger partial charge is 0.309 e. The fourth-order valence-electron chi connectivity index (χ4n) is 3.91. The van der Waals surface area contributed by atoms with E-state index in [0.717, 1.165) is 24.1 Å². The van der Waals surface area contributed by atoms with Gasteiger partial charge in [0.25, 0.3) is 11.8 Å². The minimum absolute atomic E-state index is 0.0257. The second-order valence-corrected chi connectivity index (χ2v) is 8.53. The van der Waals surface area contributed by atoms with E-state index in [9.17, 15) is 14.4 Å². The molecule has 1 aromatic heterocycles. The van der Waals surface area contributed by atoms with Crippen LogP contribution in [0.1, 0.15) is 55.1 Å². The predicted octanol–water partition coefficient (Wildman–Crippen LogP) is 2.84. The number of likely N-dealkylation sites (tertiary alicyclic amines) is 1. The van der Waals surface area contributed by atoms with Crippen molar-refractivity contribution in [2.45, 2.75) is 51.5 Å². The highest BCUT2D eigenvalue weighted by Gasteiger charge is 2.30. The van der Waals surface area contributed by atoms with Gasteiger partial charge in [0.2, 0.25) is 0 Å². The number of nitrogens with zero attached hydrogens (tertiary/aromatic N) is 1. The molecule has 6 nitrogen and oxygen atoms in total. The molecule has 1 N–H and O–H groups in total. The van der Waals surface area contributed by atoms with Gasteiger partial charge in [0.05, 0.1) is 10.8 Å². The number of thiophene rings is 1. The minimum atomic E-state index is -0.329. The van der Waals surface area contributed by atoms with E-state index >= 15 is 0 Å². The van der Waals surface area contributed by atoms with Crippen molar-refractivity contribution in [2.24, 2.45) is 11.8 Å². The molecule has 1 aliphatic heterocycles. The van der Waals surface area contributed by atoms with E-state index in [1.54, 1.807) is 4.90 Å². The van der Waals surface area contributed by atoms with Gasteiger partial charge >= 0.3 is 5.97 Å². The molecule has 0 unspecified atom stereocenters. The Bertz CT molecular complexity index is 653. The van der Waals surface area contributed by atoms with Gasteiger partial charge in [-0.2, -0.15) is 0 Å². The van der Waals surface area contributed by atoms with E-state index < -0.39 is 0 Å². The zero-order valence-electron chi connectivity index (χ0n) is 15.8. The number of carbonyl (C=O) groups excluding carboxylic acids is 3. The van der Waals surface area contributed by atoms with Crippen LogP contribution in [0, 0.1) is 11.8 Å². The summed E-state index contributed by atoms with van der Waals surface area (Å²) >= 11 is 1.43. The Morgan fingerprint density at radius 3 is 2.59 bits per heavy atom. The highest BCUT2D eigenvalue weighted by molar-refractivity contribution is 7.12. The van der Waals surface area contributed by atoms with E-state index in [-0.39, 0.29) is 36.4 Å². The van der Waals surface area contributed by atoms with Crippen LogP contribution >= 0.6 is 11.3 Å². The Morgan fingerprint density at radius 2 is 1.93 bits per heavy atom. The SMILES string of the molecule is C[C@H]1CCCC[C@H]1NC(=O)COC(=O)C1CCN(C(=O)c2cccs2)CC1. The van der Waals surface area contributed by atoms with Gasteiger partial charge in [-0.15, -0.1) is 11.3 Å². The van der Waals surface area contributed by atoms with Crippen LogP contribution in [0.4, 0.5) is 0 Å². The maximum absolute atomic E-state index is 12.3. The molecule has 2 heterocycles. The van der Waals surface area contributed by atoms with Crippen LogP contribution in [-0.2, 0) is 14.3 Å². The van der Waals surface area contributed by atoms with Crippen LogP contribution in [0.2, 0.25) is 0 Å². The fourth-order valence-corrected chi connectivity index (χ4v) is 4.60. The first-order chi connectivity index (χ1) is 13.0. The van der Waals surface area contributed by atoms with Crippen LogP contribution in [0.5, 0.6) is 0 Å². The number of piperidine rings is 1. The van der Waals surface area contributed by atoms with Crippen molar-refractivity contribution in [2.75, 3.05) is 19.7 Å². The molecule has 0 spiro atoms. The third kappa shape index (κ3) is 5.31. The molecule has 148 valence electrons. The Kier molecular flexibility index (Phi) is 6.88. The first-order valence-corrected chi connectivity index (χ1v) is 10.7. The summed E-state index contributed by atoms with van der Waals surface area (Å²) in [5.41, 5.74) is 0. The van der Waals surface area contributed by atoms with E-state index in [1.807, 2.05) is 17.5 Å². The van der Waals surface area contributed by atoms with Crippen molar-refractivity contribution in [1.29, 1.82) is 0 Å². The van der Waals surface area contributed by atoms with Crippen molar-refractivity contribution in [3.63, 3.8) is 0 Å². The molecule has 27 heavy (non-hydrogen) atoms. The van der Waals surface area contributed by atoms with Crippen molar-refractivity contribution in [1.82, 2.24) is 10.2 Å². The van der Waals surface area contributed by atoms with Crippen LogP contribution in [0.15, 0.2) is 17.5 Å². The van der Waals surface area contributed by atoms with E-state index in [1.165, 1.54) is 17.8 Å². The first kappa shape index (κ1) is 19.9. The molecule has 2 amide bonds. The van der Waals surface area contributed by atoms with Gasteiger partial charge < -0.3 is 15.0 Å². The summed E-state index contributed by atoms with van der Waals surface area (Å²) in [6.07, 6.45) is 5.65. The summed E-state index contributed by atoms with van der Waals surface area (Å²) in [6, 6.07) is 3.87. The average Bonchev–Trinajstić information content (AvgIpc) is 3.22. The molecule has 7 heteroatoms. The van der Waals surface area contributed by atoms with Crippen molar-refractivity contribution < 1.29 is 19.1 Å². The molecule has 3 rings (SSSR count). The summed E-state index contributed by atoms with van der Waals surface area (Å²) in [6.45, 7) is 3.03. The van der Waals surface area contributed by atoms with Gasteiger partial charge in [-0.3, -0.25) is 14.4 Å². The van der Waals surface area contributed by atoms with Crippen LogP contribution < -0.4 is 5.32 Å². The van der Waals surface area contributed by atoms with E-state index in [4.69, 9.17) is 4.74 Å². The number of ether oxygens (including phenoxy) is 1. The number of esters is 1. The van der Waals surface area contributed by atoms with Gasteiger partial charge in [0.15, 0.2) is 6.61 Å². The topological polar surface area (TPSA) is 75.7 Å². The molecular formula is C20H28N2O4S. The maximum Gasteiger partial charge on any atom is 0.309 e. The molecule has 1 saturated heterocycles. The zero-order chi connectivity index (χ0) is 19.2. The molecule has 2 fully saturated rings. The lowest BCUT2D eigenvalue weighted by molar-refractivity contribution is -0.154. The highest BCUT2D eigenvalue weighted by atomic mass is 32.1. The quantitative estimate of drug-likeness (QED) is 0.782. The molecule has 0 radical (unpaired) electrons. The number of hydrogen-bond donors (Lipinski definition) is 1. The standard InChI is InChI=1S/C20H28N2O4S/c1-14-5-2-3-6-16(14)21-18(23)13-26-20(25)15-8-10-22(11-9-15)19(24)17-7-4-12-27-17/h4,7,12,14-16H,2-3,5-6,8-11,13H2,1H3,(H,21,23)/t14-,16+/m0/s1. The van der Waals surface area contributed by atoms with Gasteiger partial charge in [0.1, 0.15) is 0 Å². The Balaban J connectivity index is 1.38. The molecular weight excluding hydrogens is 364 g/mol. The lowest BCUT2D eigenvalue weighted by Crippen LogP contribution is -2.44. The second kappa shape index (κ2) is 9.35. The van der Waals surface area contributed by atoms with Gasteiger partial charge in [-0.1, -0.05) is 25.8 Å². The number of hydrogen-bond acceptors (Lipinski definition) is 5. The monoisotopic (exact) mass is 392 g/mol.